The van der Waals surface area contributed by atoms with Gasteiger partial charge in [-0.2, -0.15) is 15.0 Å². The van der Waals surface area contributed by atoms with Gasteiger partial charge in [-0.25, -0.2) is 0 Å². The highest BCUT2D eigenvalue weighted by Gasteiger charge is 2.08. The second kappa shape index (κ2) is 5.20. The van der Waals surface area contributed by atoms with E-state index in [-0.39, 0.29) is 12.0 Å². The van der Waals surface area contributed by atoms with Crippen molar-refractivity contribution in [2.45, 2.75) is 10.1 Å². The van der Waals surface area contributed by atoms with Crippen LogP contribution in [0.25, 0.3) is 0 Å². The lowest BCUT2D eigenvalue weighted by Gasteiger charge is -2.04. The van der Waals surface area contributed by atoms with Crippen LogP contribution in [0.3, 0.4) is 0 Å². The van der Waals surface area contributed by atoms with Gasteiger partial charge in [0.15, 0.2) is 0 Å². The minimum Gasteiger partial charge on any atom is -0.467 e. The number of nitrogens with two attached hydrogens (primary N) is 1. The summed E-state index contributed by atoms with van der Waals surface area (Å²) in [6, 6.07) is 7.60. The molecule has 0 aliphatic heterocycles. The number of hydrogen-bond donors (Lipinski definition) is 1. The van der Waals surface area contributed by atoms with E-state index in [1.807, 2.05) is 18.2 Å². The average molecular weight is 269 g/mol. The molecule has 0 aliphatic rings. The molecular formula is C10H9ClN4OS. The molecule has 7 heteroatoms. The molecule has 1 heterocycles. The van der Waals surface area contributed by atoms with Gasteiger partial charge in [-0.3, -0.25) is 0 Å². The molecule has 2 rings (SSSR count). The van der Waals surface area contributed by atoms with Gasteiger partial charge in [-0.05, 0) is 23.9 Å². The number of ether oxygens (including phenoxy) is 1. The number of nitrogens with zero attached hydrogens (tertiary/aromatic N) is 3. The molecular weight excluding hydrogens is 260 g/mol. The van der Waals surface area contributed by atoms with Crippen molar-refractivity contribution >= 4 is 29.3 Å². The Morgan fingerprint density at radius 3 is 2.71 bits per heavy atom. The largest absolute Gasteiger partial charge is 0.467 e. The molecule has 0 unspecified atom stereocenters. The Morgan fingerprint density at radius 2 is 2.00 bits per heavy atom. The van der Waals surface area contributed by atoms with Crippen LogP contribution >= 0.6 is 23.4 Å². The van der Waals surface area contributed by atoms with Crippen LogP contribution in [0.15, 0.2) is 34.3 Å². The maximum Gasteiger partial charge on any atom is 0.321 e. The molecule has 0 saturated carbocycles. The Bertz CT molecular complexity index is 537. The lowest BCUT2D eigenvalue weighted by molar-refractivity contribution is 0.374. The summed E-state index contributed by atoms with van der Waals surface area (Å²) in [7, 11) is 1.47. The van der Waals surface area contributed by atoms with Crippen LogP contribution in [-0.2, 0) is 0 Å². The van der Waals surface area contributed by atoms with E-state index in [0.29, 0.717) is 10.2 Å². The Balaban J connectivity index is 2.30. The SMILES string of the molecule is COc1nc(N)nc(Sc2ccccc2Cl)n1. The van der Waals surface area contributed by atoms with E-state index in [4.69, 9.17) is 22.1 Å². The fourth-order valence-corrected chi connectivity index (χ4v) is 2.14. The highest BCUT2D eigenvalue weighted by Crippen LogP contribution is 2.31. The average Bonchev–Trinajstić information content (AvgIpc) is 2.31. The van der Waals surface area contributed by atoms with Gasteiger partial charge in [0.25, 0.3) is 0 Å². The summed E-state index contributed by atoms with van der Waals surface area (Å²) < 4.78 is 4.92. The van der Waals surface area contributed by atoms with Crippen molar-refractivity contribution in [2.24, 2.45) is 0 Å². The van der Waals surface area contributed by atoms with E-state index < -0.39 is 0 Å². The van der Waals surface area contributed by atoms with Gasteiger partial charge < -0.3 is 10.5 Å². The Morgan fingerprint density at radius 1 is 1.24 bits per heavy atom. The van der Waals surface area contributed by atoms with E-state index in [2.05, 4.69) is 15.0 Å². The number of halogens is 1. The van der Waals surface area contributed by atoms with Crippen molar-refractivity contribution in [2.75, 3.05) is 12.8 Å². The number of aromatic nitrogens is 3. The summed E-state index contributed by atoms with van der Waals surface area (Å²) in [6.07, 6.45) is 0. The smallest absolute Gasteiger partial charge is 0.321 e. The summed E-state index contributed by atoms with van der Waals surface area (Å²) in [6.45, 7) is 0. The number of benzene rings is 1. The maximum absolute atomic E-state index is 6.03. The molecule has 88 valence electrons. The molecule has 2 N–H and O–H groups in total. The van der Waals surface area contributed by atoms with Crippen molar-refractivity contribution in [1.29, 1.82) is 0 Å². The second-order valence-corrected chi connectivity index (χ2v) is 4.41. The first-order valence-electron chi connectivity index (χ1n) is 4.67. The first kappa shape index (κ1) is 11.9. The number of rotatable bonds is 3. The van der Waals surface area contributed by atoms with Gasteiger partial charge in [-0.1, -0.05) is 23.7 Å². The molecule has 5 nitrogen and oxygen atoms in total. The molecule has 0 spiro atoms. The zero-order valence-corrected chi connectivity index (χ0v) is 10.5. The monoisotopic (exact) mass is 268 g/mol. The van der Waals surface area contributed by atoms with Crippen LogP contribution in [0, 0.1) is 0 Å². The zero-order chi connectivity index (χ0) is 12.3. The number of anilines is 1. The fraction of sp³-hybridized carbons (Fsp3) is 0.100. The molecule has 17 heavy (non-hydrogen) atoms. The van der Waals surface area contributed by atoms with Gasteiger partial charge in [0.1, 0.15) is 0 Å². The summed E-state index contributed by atoms with van der Waals surface area (Å²) in [5.41, 5.74) is 5.54. The van der Waals surface area contributed by atoms with Crippen molar-refractivity contribution in [3.05, 3.63) is 29.3 Å². The van der Waals surface area contributed by atoms with Gasteiger partial charge >= 0.3 is 6.01 Å². The molecule has 0 aliphatic carbocycles. The lowest BCUT2D eigenvalue weighted by atomic mass is 10.4. The van der Waals surface area contributed by atoms with Gasteiger partial charge in [0.05, 0.1) is 12.1 Å². The summed E-state index contributed by atoms with van der Waals surface area (Å²) in [5, 5.41) is 1.08. The third-order valence-electron chi connectivity index (χ3n) is 1.83. The highest BCUT2D eigenvalue weighted by molar-refractivity contribution is 7.99. The standard InChI is InChI=1S/C10H9ClN4OS/c1-16-9-13-8(12)14-10(15-9)17-7-5-3-2-4-6(7)11/h2-5H,1H3,(H2,12,13,14,15). The summed E-state index contributed by atoms with van der Waals surface area (Å²) >= 11 is 7.34. The Labute approximate surface area is 107 Å². The van der Waals surface area contributed by atoms with Crippen LogP contribution in [0.4, 0.5) is 5.95 Å². The third-order valence-corrected chi connectivity index (χ3v) is 3.21. The molecule has 0 atom stereocenters. The van der Waals surface area contributed by atoms with E-state index in [1.54, 1.807) is 6.07 Å². The van der Waals surface area contributed by atoms with Crippen LogP contribution in [0.1, 0.15) is 0 Å². The van der Waals surface area contributed by atoms with Crippen LogP contribution in [0.5, 0.6) is 6.01 Å². The van der Waals surface area contributed by atoms with Crippen LogP contribution in [-0.4, -0.2) is 22.1 Å². The topological polar surface area (TPSA) is 73.9 Å². The molecule has 0 fully saturated rings. The van der Waals surface area contributed by atoms with Gasteiger partial charge in [0, 0.05) is 4.90 Å². The second-order valence-electron chi connectivity index (χ2n) is 3.00. The molecule has 1 aromatic carbocycles. The van der Waals surface area contributed by atoms with Crippen molar-refractivity contribution in [3.8, 4) is 6.01 Å². The van der Waals surface area contributed by atoms with Gasteiger partial charge in [-0.15, -0.1) is 0 Å². The summed E-state index contributed by atoms with van der Waals surface area (Å²) in [5.74, 6) is 0.117. The molecule has 0 bridgehead atoms. The van der Waals surface area contributed by atoms with Crippen molar-refractivity contribution in [1.82, 2.24) is 15.0 Å². The number of nitrogen functional groups attached to an aromatic ring is 1. The molecule has 0 amide bonds. The predicted octanol–water partition coefficient (Wildman–Crippen LogP) is 2.27. The maximum atomic E-state index is 6.03. The molecule has 2 aromatic rings. The fourth-order valence-electron chi connectivity index (χ4n) is 1.12. The Hall–Kier alpha value is -1.53. The number of methoxy groups -OCH3 is 1. The lowest BCUT2D eigenvalue weighted by Crippen LogP contribution is -2.01. The Kier molecular flexibility index (Phi) is 3.65. The van der Waals surface area contributed by atoms with Crippen molar-refractivity contribution in [3.63, 3.8) is 0 Å². The molecule has 0 saturated heterocycles. The number of hydrogen-bond acceptors (Lipinski definition) is 6. The van der Waals surface area contributed by atoms with E-state index in [9.17, 15) is 0 Å². The van der Waals surface area contributed by atoms with E-state index in [0.717, 1.165) is 4.90 Å². The highest BCUT2D eigenvalue weighted by atomic mass is 35.5. The van der Waals surface area contributed by atoms with E-state index in [1.165, 1.54) is 18.9 Å². The zero-order valence-electron chi connectivity index (χ0n) is 8.92. The molecule has 1 aromatic heterocycles. The normalized spacial score (nSPS) is 10.2. The first-order chi connectivity index (χ1) is 8.19. The first-order valence-corrected chi connectivity index (χ1v) is 5.86. The van der Waals surface area contributed by atoms with Crippen LogP contribution in [0.2, 0.25) is 5.02 Å². The van der Waals surface area contributed by atoms with Crippen LogP contribution < -0.4 is 10.5 Å². The summed E-state index contributed by atoms with van der Waals surface area (Å²) in [4.78, 5) is 12.7. The minimum atomic E-state index is 0.117. The third kappa shape index (κ3) is 2.98. The van der Waals surface area contributed by atoms with Gasteiger partial charge in [0.2, 0.25) is 11.1 Å². The van der Waals surface area contributed by atoms with E-state index >= 15 is 0 Å². The molecule has 0 radical (unpaired) electrons. The minimum absolute atomic E-state index is 0.117. The predicted molar refractivity (Wildman–Crippen MR) is 66.4 cm³/mol. The van der Waals surface area contributed by atoms with Crippen molar-refractivity contribution < 1.29 is 4.74 Å². The quantitative estimate of drug-likeness (QED) is 0.920.